The zero-order chi connectivity index (χ0) is 28.4. The average molecular weight is 545 g/mol. The number of aliphatic hydroxyl groups is 1. The number of carbonyl (C=O) groups excluding carboxylic acids is 3. The van der Waals surface area contributed by atoms with Crippen LogP contribution < -0.4 is 15.4 Å². The van der Waals surface area contributed by atoms with Crippen LogP contribution in [0.4, 0.5) is 0 Å². The van der Waals surface area contributed by atoms with Gasteiger partial charge in [0.05, 0.1) is 34.3 Å². The van der Waals surface area contributed by atoms with Crippen molar-refractivity contribution in [1.82, 2.24) is 20.5 Å². The Morgan fingerprint density at radius 1 is 1.18 bits per heavy atom. The molecule has 1 aliphatic rings. The molecule has 0 aliphatic carbocycles. The van der Waals surface area contributed by atoms with Crippen molar-refractivity contribution in [1.29, 1.82) is 0 Å². The number of amides is 3. The van der Waals surface area contributed by atoms with Gasteiger partial charge in [0.25, 0.3) is 0 Å². The van der Waals surface area contributed by atoms with Crippen molar-refractivity contribution in [3.05, 3.63) is 35.0 Å². The van der Waals surface area contributed by atoms with E-state index in [-0.39, 0.29) is 36.8 Å². The van der Waals surface area contributed by atoms with Crippen molar-refractivity contribution >= 4 is 29.1 Å². The number of aliphatic hydroxyl groups excluding tert-OH is 1. The zero-order valence-electron chi connectivity index (χ0n) is 23.5. The fourth-order valence-corrected chi connectivity index (χ4v) is 5.48. The van der Waals surface area contributed by atoms with E-state index in [9.17, 15) is 19.5 Å². The molecule has 2 heterocycles. The molecule has 10 heteroatoms. The summed E-state index contributed by atoms with van der Waals surface area (Å²) in [5.74, 6) is -0.417. The summed E-state index contributed by atoms with van der Waals surface area (Å²) in [5.41, 5.74) is 3.97. The van der Waals surface area contributed by atoms with Gasteiger partial charge in [-0.2, -0.15) is 0 Å². The summed E-state index contributed by atoms with van der Waals surface area (Å²) in [4.78, 5) is 45.5. The highest BCUT2D eigenvalue weighted by molar-refractivity contribution is 7.13. The molecule has 208 valence electrons. The maximum Gasteiger partial charge on any atom is 0.246 e. The highest BCUT2D eigenvalue weighted by atomic mass is 32.1. The monoisotopic (exact) mass is 544 g/mol. The molecule has 1 fully saturated rings. The number of nitrogens with one attached hydrogen (secondary N) is 2. The number of hydrogen-bond acceptors (Lipinski definition) is 7. The number of thiazole rings is 1. The molecule has 3 N–H and O–H groups in total. The van der Waals surface area contributed by atoms with Crippen LogP contribution in [-0.4, -0.2) is 63.5 Å². The van der Waals surface area contributed by atoms with E-state index in [2.05, 4.69) is 15.6 Å². The van der Waals surface area contributed by atoms with E-state index in [4.69, 9.17) is 4.74 Å². The molecule has 3 amide bonds. The van der Waals surface area contributed by atoms with Crippen LogP contribution in [0.2, 0.25) is 0 Å². The SMILES string of the molecule is CC(=O)N[C@H](C(=O)N1C[C@H](O)C[C@H]1C(=O)N[C@@H](C)c1ccc(-c2scnc2C)cc1OC(C)C)C(C)(C)C. The highest BCUT2D eigenvalue weighted by Gasteiger charge is 2.44. The standard InChI is InChI=1S/C28H40N4O5S/c1-15(2)37-23-11-19(24-17(4)29-14-38-24)9-10-21(23)16(3)30-26(35)22-12-20(34)13-32(22)27(36)25(28(6,7)8)31-18(5)33/h9-11,14-16,20,22,25,34H,12-13H2,1-8H3,(H,30,35)(H,31,33)/t16-,20+,22-,25+/m0/s1. The number of benzene rings is 1. The summed E-state index contributed by atoms with van der Waals surface area (Å²) in [5, 5.41) is 16.1. The smallest absolute Gasteiger partial charge is 0.246 e. The molecule has 3 rings (SSSR count). The van der Waals surface area contributed by atoms with Crippen molar-refractivity contribution in [2.75, 3.05) is 6.54 Å². The molecule has 0 radical (unpaired) electrons. The van der Waals surface area contributed by atoms with Crippen LogP contribution in [0.3, 0.4) is 0 Å². The number of nitrogens with zero attached hydrogens (tertiary/aromatic N) is 2. The maximum atomic E-state index is 13.5. The van der Waals surface area contributed by atoms with Gasteiger partial charge in [-0.15, -0.1) is 11.3 Å². The maximum absolute atomic E-state index is 13.5. The number of carbonyl (C=O) groups is 3. The quantitative estimate of drug-likeness (QED) is 0.467. The molecule has 0 bridgehead atoms. The van der Waals surface area contributed by atoms with E-state index >= 15 is 0 Å². The topological polar surface area (TPSA) is 121 Å². The van der Waals surface area contributed by atoms with Crippen molar-refractivity contribution in [2.45, 2.75) is 92.1 Å². The number of β-amino-alcohol motifs (C(OH)–C–C–N with tert-alkyl or cyclic N) is 1. The fourth-order valence-electron chi connectivity index (χ4n) is 4.68. The summed E-state index contributed by atoms with van der Waals surface area (Å²) < 4.78 is 6.12. The van der Waals surface area contributed by atoms with Gasteiger partial charge in [0, 0.05) is 25.5 Å². The second kappa shape index (κ2) is 11.8. The van der Waals surface area contributed by atoms with E-state index in [1.54, 1.807) is 11.3 Å². The third kappa shape index (κ3) is 6.91. The van der Waals surface area contributed by atoms with Crippen LogP contribution in [0.5, 0.6) is 5.75 Å². The lowest BCUT2D eigenvalue weighted by atomic mass is 9.85. The highest BCUT2D eigenvalue weighted by Crippen LogP contribution is 2.35. The molecule has 1 aromatic heterocycles. The second-order valence-corrected chi connectivity index (χ2v) is 12.2. The Bertz CT molecular complexity index is 1170. The molecule has 0 unspecified atom stereocenters. The lowest BCUT2D eigenvalue weighted by Crippen LogP contribution is -2.57. The number of aryl methyl sites for hydroxylation is 1. The predicted molar refractivity (Wildman–Crippen MR) is 148 cm³/mol. The van der Waals surface area contributed by atoms with Crippen molar-refractivity contribution < 1.29 is 24.2 Å². The first-order valence-corrected chi connectivity index (χ1v) is 13.8. The minimum atomic E-state index is -0.854. The minimum absolute atomic E-state index is 0.0298. The van der Waals surface area contributed by atoms with Gasteiger partial charge < -0.3 is 25.4 Å². The van der Waals surface area contributed by atoms with Crippen LogP contribution in [0.1, 0.15) is 72.2 Å². The number of aromatic nitrogens is 1. The number of rotatable bonds is 8. The van der Waals surface area contributed by atoms with Gasteiger partial charge in [-0.25, -0.2) is 4.98 Å². The van der Waals surface area contributed by atoms with Crippen LogP contribution in [-0.2, 0) is 14.4 Å². The Labute approximate surface area is 229 Å². The first kappa shape index (κ1) is 29.6. The number of ether oxygens (including phenoxy) is 1. The Hall–Kier alpha value is -2.98. The zero-order valence-corrected chi connectivity index (χ0v) is 24.3. The molecule has 0 spiro atoms. The molecular formula is C28H40N4O5S. The number of likely N-dealkylation sites (tertiary alicyclic amines) is 1. The largest absolute Gasteiger partial charge is 0.491 e. The third-order valence-electron chi connectivity index (χ3n) is 6.53. The molecular weight excluding hydrogens is 504 g/mol. The van der Waals surface area contributed by atoms with Crippen molar-refractivity contribution in [3.63, 3.8) is 0 Å². The van der Waals surface area contributed by atoms with Crippen molar-refractivity contribution in [3.8, 4) is 16.2 Å². The van der Waals surface area contributed by atoms with Gasteiger partial charge in [0.2, 0.25) is 17.7 Å². The van der Waals surface area contributed by atoms with E-state index in [1.807, 2.05) is 72.2 Å². The molecule has 1 saturated heterocycles. The summed E-state index contributed by atoms with van der Waals surface area (Å²) in [6, 6.07) is 3.79. The van der Waals surface area contributed by atoms with E-state index < -0.39 is 29.6 Å². The van der Waals surface area contributed by atoms with Gasteiger partial charge >= 0.3 is 0 Å². The van der Waals surface area contributed by atoms with E-state index in [1.165, 1.54) is 11.8 Å². The summed E-state index contributed by atoms with van der Waals surface area (Å²) in [7, 11) is 0. The normalized spacial score (nSPS) is 19.3. The predicted octanol–water partition coefficient (Wildman–Crippen LogP) is 3.60. The van der Waals surface area contributed by atoms with Crippen LogP contribution in [0, 0.1) is 12.3 Å². The summed E-state index contributed by atoms with van der Waals surface area (Å²) >= 11 is 1.56. The Morgan fingerprint density at radius 3 is 2.42 bits per heavy atom. The molecule has 1 aromatic carbocycles. The van der Waals surface area contributed by atoms with E-state index in [0.29, 0.717) is 5.75 Å². The summed E-state index contributed by atoms with van der Waals surface area (Å²) in [6.07, 6.45) is -0.777. The first-order chi connectivity index (χ1) is 17.7. The van der Waals surface area contributed by atoms with E-state index in [0.717, 1.165) is 21.7 Å². The van der Waals surface area contributed by atoms with Gasteiger partial charge in [0.1, 0.15) is 17.8 Å². The Morgan fingerprint density at radius 2 is 1.87 bits per heavy atom. The molecule has 2 aromatic rings. The molecule has 1 aliphatic heterocycles. The summed E-state index contributed by atoms with van der Waals surface area (Å²) in [6.45, 7) is 14.7. The van der Waals surface area contributed by atoms with Crippen LogP contribution >= 0.6 is 11.3 Å². The van der Waals surface area contributed by atoms with Gasteiger partial charge in [-0.05, 0) is 44.7 Å². The lowest BCUT2D eigenvalue weighted by molar-refractivity contribution is -0.144. The Kier molecular flexibility index (Phi) is 9.20. The van der Waals surface area contributed by atoms with Crippen molar-refractivity contribution in [2.24, 2.45) is 5.41 Å². The second-order valence-electron chi connectivity index (χ2n) is 11.3. The number of hydrogen-bond donors (Lipinski definition) is 3. The van der Waals surface area contributed by atoms with Crippen LogP contribution in [0.25, 0.3) is 10.4 Å². The lowest BCUT2D eigenvalue weighted by Gasteiger charge is -2.35. The molecule has 9 nitrogen and oxygen atoms in total. The molecule has 4 atom stereocenters. The first-order valence-electron chi connectivity index (χ1n) is 13.0. The van der Waals surface area contributed by atoms with Crippen LogP contribution in [0.15, 0.2) is 23.7 Å². The van der Waals surface area contributed by atoms with Gasteiger partial charge in [-0.1, -0.05) is 32.9 Å². The Balaban J connectivity index is 1.84. The molecule has 0 saturated carbocycles. The van der Waals surface area contributed by atoms with Gasteiger partial charge in [-0.3, -0.25) is 14.4 Å². The molecule has 38 heavy (non-hydrogen) atoms. The fraction of sp³-hybridized carbons (Fsp3) is 0.571. The average Bonchev–Trinajstić information content (AvgIpc) is 3.41. The third-order valence-corrected chi connectivity index (χ3v) is 7.51. The van der Waals surface area contributed by atoms with Gasteiger partial charge in [0.15, 0.2) is 0 Å². The minimum Gasteiger partial charge on any atom is -0.491 e.